The van der Waals surface area contributed by atoms with Crippen molar-refractivity contribution < 1.29 is 19.7 Å². The molecule has 0 saturated carbocycles. The molecule has 1 unspecified atom stereocenters. The Labute approximate surface area is 112 Å². The first-order valence-corrected chi connectivity index (χ1v) is 6.54. The first kappa shape index (κ1) is 13.7. The third kappa shape index (κ3) is 3.38. The van der Waals surface area contributed by atoms with Crippen LogP contribution < -0.4 is 0 Å². The summed E-state index contributed by atoms with van der Waals surface area (Å²) < 4.78 is 5.53. The van der Waals surface area contributed by atoms with Crippen LogP contribution in [0.1, 0.15) is 30.1 Å². The van der Waals surface area contributed by atoms with Crippen LogP contribution in [-0.4, -0.2) is 46.8 Å². The summed E-state index contributed by atoms with van der Waals surface area (Å²) in [6.45, 7) is 3.76. The number of phenolic OH excluding ortho intramolecular Hbond substituents is 2. The summed E-state index contributed by atoms with van der Waals surface area (Å²) in [5.74, 6) is -0.433. The molecule has 0 aliphatic carbocycles. The predicted octanol–water partition coefficient (Wildman–Crippen LogP) is 1.74. The summed E-state index contributed by atoms with van der Waals surface area (Å²) in [4.78, 5) is 14.0. The normalized spacial score (nSPS) is 18.5. The number of ether oxygens (including phenoxy) is 1. The second kappa shape index (κ2) is 5.93. The van der Waals surface area contributed by atoms with Crippen molar-refractivity contribution in [3.05, 3.63) is 23.8 Å². The van der Waals surface area contributed by atoms with Gasteiger partial charge < -0.3 is 19.8 Å². The molecule has 104 valence electrons. The van der Waals surface area contributed by atoms with E-state index in [4.69, 9.17) is 4.74 Å². The van der Waals surface area contributed by atoms with E-state index in [1.165, 1.54) is 18.2 Å². The molecule has 0 spiro atoms. The van der Waals surface area contributed by atoms with E-state index in [1.807, 2.05) is 6.92 Å². The van der Waals surface area contributed by atoms with Crippen molar-refractivity contribution in [3.8, 4) is 11.5 Å². The number of phenols is 2. The van der Waals surface area contributed by atoms with Crippen LogP contribution in [-0.2, 0) is 4.74 Å². The van der Waals surface area contributed by atoms with Crippen LogP contribution >= 0.6 is 0 Å². The zero-order valence-electron chi connectivity index (χ0n) is 11.0. The van der Waals surface area contributed by atoms with Crippen molar-refractivity contribution in [1.29, 1.82) is 0 Å². The number of aromatic hydroxyl groups is 2. The molecule has 0 aromatic heterocycles. The maximum Gasteiger partial charge on any atom is 0.254 e. The van der Waals surface area contributed by atoms with Gasteiger partial charge in [0.2, 0.25) is 0 Å². The van der Waals surface area contributed by atoms with Crippen LogP contribution in [0.4, 0.5) is 0 Å². The third-order valence-corrected chi connectivity index (χ3v) is 3.27. The lowest BCUT2D eigenvalue weighted by atomic mass is 10.1. The van der Waals surface area contributed by atoms with Gasteiger partial charge in [-0.15, -0.1) is 0 Å². The van der Waals surface area contributed by atoms with E-state index in [0.717, 1.165) is 19.4 Å². The van der Waals surface area contributed by atoms with E-state index in [-0.39, 0.29) is 29.1 Å². The van der Waals surface area contributed by atoms with Gasteiger partial charge in [0, 0.05) is 31.3 Å². The second-order valence-electron chi connectivity index (χ2n) is 4.72. The molecule has 1 aromatic carbocycles. The lowest BCUT2D eigenvalue weighted by molar-refractivity contribution is 0.0538. The van der Waals surface area contributed by atoms with Gasteiger partial charge in [-0.3, -0.25) is 4.79 Å². The minimum absolute atomic E-state index is 0.0924. The highest BCUT2D eigenvalue weighted by molar-refractivity contribution is 5.95. The van der Waals surface area contributed by atoms with Gasteiger partial charge in [0.25, 0.3) is 5.91 Å². The topological polar surface area (TPSA) is 70.0 Å². The minimum Gasteiger partial charge on any atom is -0.508 e. The van der Waals surface area contributed by atoms with Gasteiger partial charge in [0.1, 0.15) is 11.5 Å². The number of benzene rings is 1. The molecule has 1 saturated heterocycles. The van der Waals surface area contributed by atoms with Crippen molar-refractivity contribution in [2.45, 2.75) is 25.9 Å². The lowest BCUT2D eigenvalue weighted by Crippen LogP contribution is -2.37. The Morgan fingerprint density at radius 1 is 1.37 bits per heavy atom. The van der Waals surface area contributed by atoms with E-state index in [0.29, 0.717) is 13.1 Å². The van der Waals surface area contributed by atoms with E-state index in [9.17, 15) is 15.0 Å². The number of carbonyl (C=O) groups is 1. The first-order valence-electron chi connectivity index (χ1n) is 6.54. The summed E-state index contributed by atoms with van der Waals surface area (Å²) in [5.41, 5.74) is 0.289. The highest BCUT2D eigenvalue weighted by Crippen LogP contribution is 2.22. The number of hydrogen-bond donors (Lipinski definition) is 2. The van der Waals surface area contributed by atoms with Crippen LogP contribution in [0.15, 0.2) is 18.2 Å². The first-order chi connectivity index (χ1) is 9.10. The summed E-state index contributed by atoms with van der Waals surface area (Å²) in [5, 5.41) is 18.9. The van der Waals surface area contributed by atoms with Crippen LogP contribution in [0.2, 0.25) is 0 Å². The predicted molar refractivity (Wildman–Crippen MR) is 70.3 cm³/mol. The number of rotatable bonds is 4. The fourth-order valence-electron chi connectivity index (χ4n) is 2.29. The highest BCUT2D eigenvalue weighted by atomic mass is 16.5. The minimum atomic E-state index is -0.204. The maximum absolute atomic E-state index is 12.3. The van der Waals surface area contributed by atoms with Gasteiger partial charge in [0.15, 0.2) is 0 Å². The molecule has 1 aliphatic heterocycles. The summed E-state index contributed by atoms with van der Waals surface area (Å²) in [6.07, 6.45) is 2.09. The van der Waals surface area contributed by atoms with Crippen LogP contribution in [0.25, 0.3) is 0 Å². The number of likely N-dealkylation sites (N-methyl/N-ethyl adjacent to an activating group) is 1. The number of nitrogens with zero attached hydrogens (tertiary/aromatic N) is 1. The average molecular weight is 265 g/mol. The quantitative estimate of drug-likeness (QED) is 0.870. The molecule has 19 heavy (non-hydrogen) atoms. The van der Waals surface area contributed by atoms with E-state index in [2.05, 4.69) is 0 Å². The van der Waals surface area contributed by atoms with Gasteiger partial charge in [0.05, 0.1) is 6.10 Å². The van der Waals surface area contributed by atoms with Crippen molar-refractivity contribution in [3.63, 3.8) is 0 Å². The zero-order valence-corrected chi connectivity index (χ0v) is 11.0. The molecule has 1 aliphatic rings. The van der Waals surface area contributed by atoms with Crippen molar-refractivity contribution in [2.75, 3.05) is 19.7 Å². The van der Waals surface area contributed by atoms with Crippen molar-refractivity contribution >= 4 is 5.91 Å². The van der Waals surface area contributed by atoms with E-state index >= 15 is 0 Å². The Bertz CT molecular complexity index is 435. The van der Waals surface area contributed by atoms with Gasteiger partial charge in [-0.05, 0) is 31.9 Å². The van der Waals surface area contributed by atoms with E-state index in [1.54, 1.807) is 4.90 Å². The second-order valence-corrected chi connectivity index (χ2v) is 4.72. The Balaban J connectivity index is 2.10. The lowest BCUT2D eigenvalue weighted by Gasteiger charge is -2.24. The zero-order chi connectivity index (χ0) is 13.8. The summed E-state index contributed by atoms with van der Waals surface area (Å²) in [6, 6.07) is 3.92. The van der Waals surface area contributed by atoms with E-state index < -0.39 is 0 Å². The summed E-state index contributed by atoms with van der Waals surface area (Å²) >= 11 is 0. The molecule has 2 N–H and O–H groups in total. The Morgan fingerprint density at radius 2 is 2.05 bits per heavy atom. The molecular weight excluding hydrogens is 246 g/mol. The fourth-order valence-corrected chi connectivity index (χ4v) is 2.29. The Morgan fingerprint density at radius 3 is 2.58 bits per heavy atom. The average Bonchev–Trinajstić information content (AvgIpc) is 2.86. The molecule has 2 rings (SSSR count). The molecular formula is C14H19NO4. The van der Waals surface area contributed by atoms with Gasteiger partial charge in [-0.1, -0.05) is 0 Å². The number of hydrogen-bond acceptors (Lipinski definition) is 4. The molecule has 0 radical (unpaired) electrons. The molecule has 1 fully saturated rings. The maximum atomic E-state index is 12.3. The molecule has 5 heteroatoms. The monoisotopic (exact) mass is 265 g/mol. The number of amides is 1. The standard InChI is InChI=1S/C14H19NO4/c1-2-15(9-13-4-3-5-19-13)14(18)10-6-11(16)8-12(17)7-10/h6-8,13,16-17H,2-5,9H2,1H3. The molecule has 1 heterocycles. The number of carbonyl (C=O) groups excluding carboxylic acids is 1. The highest BCUT2D eigenvalue weighted by Gasteiger charge is 2.22. The Kier molecular flexibility index (Phi) is 4.27. The summed E-state index contributed by atoms with van der Waals surface area (Å²) in [7, 11) is 0. The largest absolute Gasteiger partial charge is 0.508 e. The van der Waals surface area contributed by atoms with Gasteiger partial charge in [-0.25, -0.2) is 0 Å². The fraction of sp³-hybridized carbons (Fsp3) is 0.500. The molecule has 1 amide bonds. The van der Waals surface area contributed by atoms with Gasteiger partial charge >= 0.3 is 0 Å². The third-order valence-electron chi connectivity index (χ3n) is 3.27. The van der Waals surface area contributed by atoms with Crippen molar-refractivity contribution in [2.24, 2.45) is 0 Å². The van der Waals surface area contributed by atoms with Crippen molar-refractivity contribution in [1.82, 2.24) is 4.90 Å². The molecule has 5 nitrogen and oxygen atoms in total. The molecule has 1 aromatic rings. The molecule has 0 bridgehead atoms. The van der Waals surface area contributed by atoms with Crippen LogP contribution in [0, 0.1) is 0 Å². The van der Waals surface area contributed by atoms with Crippen LogP contribution in [0.5, 0.6) is 11.5 Å². The smallest absolute Gasteiger partial charge is 0.254 e. The van der Waals surface area contributed by atoms with Gasteiger partial charge in [-0.2, -0.15) is 0 Å². The SMILES string of the molecule is CCN(CC1CCCO1)C(=O)c1cc(O)cc(O)c1. The molecule has 1 atom stereocenters. The van der Waals surface area contributed by atoms with Crippen LogP contribution in [0.3, 0.4) is 0 Å². The Hall–Kier alpha value is -1.75.